The average molecular weight is 392 g/mol. The fraction of sp³-hybridized carbons (Fsp3) is 0.471. The normalized spacial score (nSPS) is 18.2. The van der Waals surface area contributed by atoms with Crippen LogP contribution in [0.1, 0.15) is 24.2 Å². The van der Waals surface area contributed by atoms with E-state index in [-0.39, 0.29) is 24.8 Å². The van der Waals surface area contributed by atoms with E-state index >= 15 is 0 Å². The van der Waals surface area contributed by atoms with Gasteiger partial charge < -0.3 is 9.84 Å². The summed E-state index contributed by atoms with van der Waals surface area (Å²) >= 11 is 0. The lowest BCUT2D eigenvalue weighted by Crippen LogP contribution is -2.45. The first-order valence-electron chi connectivity index (χ1n) is 8.10. The molecule has 2 aliphatic rings. The molecule has 0 radical (unpaired) electrons. The topological polar surface area (TPSA) is 41.3 Å². The molecule has 0 spiro atoms. The fourth-order valence-electron chi connectivity index (χ4n) is 3.58. The van der Waals surface area contributed by atoms with Gasteiger partial charge in [-0.05, 0) is 44.1 Å². The van der Waals surface area contributed by atoms with Gasteiger partial charge in [-0.15, -0.1) is 24.8 Å². The molecule has 1 N–H and O–H groups in total. The minimum Gasteiger partial charge on any atom is -0.360 e. The molecule has 2 aliphatic heterocycles. The largest absolute Gasteiger partial charge is 0.360 e. The maximum absolute atomic E-state index is 13.5. The maximum Gasteiger partial charge on any atom is 0.159 e. The zero-order chi connectivity index (χ0) is 15.8. The standard InChI is InChI=1S/C17H19F2N3O.2ClH/c18-14-2-1-11(9-15(14)19)17-13-10-22(8-5-16(13)23-21-17)12-3-6-20-7-4-12;;/h1-2,9,12,20H,3-8,10H2;2*1H. The lowest BCUT2D eigenvalue weighted by atomic mass is 9.97. The summed E-state index contributed by atoms with van der Waals surface area (Å²) in [5.41, 5.74) is 2.22. The van der Waals surface area contributed by atoms with Gasteiger partial charge in [0.05, 0.1) is 0 Å². The molecule has 0 atom stereocenters. The fourth-order valence-corrected chi connectivity index (χ4v) is 3.58. The summed E-state index contributed by atoms with van der Waals surface area (Å²) < 4.78 is 32.1. The molecular formula is C17H21Cl2F2N3O. The molecule has 0 unspecified atom stereocenters. The first-order valence-corrected chi connectivity index (χ1v) is 8.10. The lowest BCUT2D eigenvalue weighted by Gasteiger charge is -2.36. The first kappa shape index (κ1) is 20.1. The van der Waals surface area contributed by atoms with Crippen LogP contribution in [0.4, 0.5) is 8.78 Å². The highest BCUT2D eigenvalue weighted by atomic mass is 35.5. The quantitative estimate of drug-likeness (QED) is 0.849. The van der Waals surface area contributed by atoms with Crippen molar-refractivity contribution in [2.75, 3.05) is 19.6 Å². The van der Waals surface area contributed by atoms with Gasteiger partial charge in [-0.2, -0.15) is 0 Å². The van der Waals surface area contributed by atoms with Crippen LogP contribution < -0.4 is 5.32 Å². The Morgan fingerprint density at radius 3 is 2.60 bits per heavy atom. The van der Waals surface area contributed by atoms with E-state index in [0.717, 1.165) is 62.8 Å². The van der Waals surface area contributed by atoms with E-state index in [4.69, 9.17) is 4.52 Å². The monoisotopic (exact) mass is 391 g/mol. The molecule has 138 valence electrons. The van der Waals surface area contributed by atoms with Crippen molar-refractivity contribution < 1.29 is 13.3 Å². The molecule has 0 amide bonds. The van der Waals surface area contributed by atoms with Crippen LogP contribution in [0, 0.1) is 11.6 Å². The Bertz CT molecular complexity index is 720. The average Bonchev–Trinajstić information content (AvgIpc) is 3.01. The molecule has 0 bridgehead atoms. The van der Waals surface area contributed by atoms with E-state index in [0.29, 0.717) is 17.3 Å². The lowest BCUT2D eigenvalue weighted by molar-refractivity contribution is 0.141. The van der Waals surface area contributed by atoms with Crippen molar-refractivity contribution in [2.24, 2.45) is 0 Å². The summed E-state index contributed by atoms with van der Waals surface area (Å²) in [6.07, 6.45) is 3.10. The van der Waals surface area contributed by atoms with Gasteiger partial charge in [0.25, 0.3) is 0 Å². The Balaban J connectivity index is 0.00000113. The van der Waals surface area contributed by atoms with Crippen molar-refractivity contribution in [2.45, 2.75) is 31.8 Å². The summed E-state index contributed by atoms with van der Waals surface area (Å²) in [6.45, 7) is 3.82. The molecule has 25 heavy (non-hydrogen) atoms. The Morgan fingerprint density at radius 1 is 1.12 bits per heavy atom. The van der Waals surface area contributed by atoms with Crippen molar-refractivity contribution in [3.63, 3.8) is 0 Å². The molecule has 0 aliphatic carbocycles. The minimum atomic E-state index is -0.856. The van der Waals surface area contributed by atoms with Crippen molar-refractivity contribution in [1.82, 2.24) is 15.4 Å². The number of aromatic nitrogens is 1. The van der Waals surface area contributed by atoms with Gasteiger partial charge in [0.1, 0.15) is 11.5 Å². The van der Waals surface area contributed by atoms with Crippen molar-refractivity contribution in [3.05, 3.63) is 41.2 Å². The van der Waals surface area contributed by atoms with Gasteiger partial charge >= 0.3 is 0 Å². The van der Waals surface area contributed by atoms with Gasteiger partial charge in [0.15, 0.2) is 11.6 Å². The Morgan fingerprint density at radius 2 is 1.88 bits per heavy atom. The van der Waals surface area contributed by atoms with Crippen LogP contribution in [0.2, 0.25) is 0 Å². The second-order valence-corrected chi connectivity index (χ2v) is 6.26. The third kappa shape index (κ3) is 3.97. The summed E-state index contributed by atoms with van der Waals surface area (Å²) in [5.74, 6) is -0.831. The third-order valence-corrected chi connectivity index (χ3v) is 4.87. The number of piperidine rings is 1. The van der Waals surface area contributed by atoms with Crippen molar-refractivity contribution >= 4 is 24.8 Å². The Kier molecular flexibility index (Phi) is 6.79. The van der Waals surface area contributed by atoms with Crippen LogP contribution in [0.3, 0.4) is 0 Å². The van der Waals surface area contributed by atoms with Gasteiger partial charge in [0, 0.05) is 36.7 Å². The van der Waals surface area contributed by atoms with Crippen molar-refractivity contribution in [1.29, 1.82) is 0 Å². The van der Waals surface area contributed by atoms with Crippen LogP contribution in [0.15, 0.2) is 22.7 Å². The number of hydrogen-bond donors (Lipinski definition) is 1. The predicted octanol–water partition coefficient (Wildman–Crippen LogP) is 3.57. The van der Waals surface area contributed by atoms with E-state index < -0.39 is 11.6 Å². The SMILES string of the molecule is Cl.Cl.Fc1ccc(-c2noc3c2CN(C2CCNCC2)CC3)cc1F. The van der Waals surface area contributed by atoms with Crippen molar-refractivity contribution in [3.8, 4) is 11.3 Å². The molecule has 2 aromatic rings. The summed E-state index contributed by atoms with van der Waals surface area (Å²) in [7, 11) is 0. The van der Waals surface area contributed by atoms with Gasteiger partial charge in [-0.25, -0.2) is 8.78 Å². The molecule has 1 aromatic heterocycles. The summed E-state index contributed by atoms with van der Waals surface area (Å²) in [4.78, 5) is 2.46. The molecular weight excluding hydrogens is 371 g/mol. The summed E-state index contributed by atoms with van der Waals surface area (Å²) in [6, 6.07) is 4.45. The van der Waals surface area contributed by atoms with E-state index in [9.17, 15) is 8.78 Å². The number of fused-ring (bicyclic) bond motifs is 1. The van der Waals surface area contributed by atoms with Crippen LogP contribution in [-0.2, 0) is 13.0 Å². The molecule has 1 saturated heterocycles. The number of nitrogens with zero attached hydrogens (tertiary/aromatic N) is 2. The molecule has 4 rings (SSSR count). The van der Waals surface area contributed by atoms with Gasteiger partial charge in [0.2, 0.25) is 0 Å². The van der Waals surface area contributed by atoms with Crippen LogP contribution in [0.5, 0.6) is 0 Å². The Hall–Kier alpha value is -1.21. The summed E-state index contributed by atoms with van der Waals surface area (Å²) in [5, 5.41) is 7.50. The third-order valence-electron chi connectivity index (χ3n) is 4.87. The highest BCUT2D eigenvalue weighted by Gasteiger charge is 2.29. The zero-order valence-corrected chi connectivity index (χ0v) is 15.3. The van der Waals surface area contributed by atoms with E-state index in [1.165, 1.54) is 6.07 Å². The predicted molar refractivity (Wildman–Crippen MR) is 96.4 cm³/mol. The smallest absolute Gasteiger partial charge is 0.159 e. The molecule has 1 aromatic carbocycles. The zero-order valence-electron chi connectivity index (χ0n) is 13.6. The second-order valence-electron chi connectivity index (χ2n) is 6.26. The second kappa shape index (κ2) is 8.45. The maximum atomic E-state index is 13.5. The van der Waals surface area contributed by atoms with Gasteiger partial charge in [-0.3, -0.25) is 4.90 Å². The highest BCUT2D eigenvalue weighted by Crippen LogP contribution is 2.32. The molecule has 8 heteroatoms. The number of benzene rings is 1. The molecule has 3 heterocycles. The van der Waals surface area contributed by atoms with E-state index in [2.05, 4.69) is 15.4 Å². The number of hydrogen-bond acceptors (Lipinski definition) is 4. The van der Waals surface area contributed by atoms with E-state index in [1.54, 1.807) is 6.07 Å². The molecule has 4 nitrogen and oxygen atoms in total. The van der Waals surface area contributed by atoms with Crippen LogP contribution in [-0.4, -0.2) is 35.7 Å². The number of halogens is 4. The highest BCUT2D eigenvalue weighted by molar-refractivity contribution is 5.85. The molecule has 0 saturated carbocycles. The first-order chi connectivity index (χ1) is 11.2. The number of nitrogens with one attached hydrogen (secondary N) is 1. The minimum absolute atomic E-state index is 0. The number of rotatable bonds is 2. The van der Waals surface area contributed by atoms with Crippen LogP contribution in [0.25, 0.3) is 11.3 Å². The Labute approximate surface area is 157 Å². The van der Waals surface area contributed by atoms with Gasteiger partial charge in [-0.1, -0.05) is 5.16 Å². The van der Waals surface area contributed by atoms with E-state index in [1.807, 2.05) is 0 Å². The molecule has 1 fully saturated rings. The van der Waals surface area contributed by atoms with Crippen LogP contribution >= 0.6 is 24.8 Å².